The Morgan fingerprint density at radius 3 is 2.96 bits per heavy atom. The van der Waals surface area contributed by atoms with Gasteiger partial charge in [-0.2, -0.15) is 0 Å². The maximum absolute atomic E-state index is 10.4. The standard InChI is InChI=1S/C17H23N3O2S2/c1-11-18-16(15-13-3-2-4-14(13)24-17(15)19-11)23-10-12(21)9-20-5-7-22-8-6-20/h12,21H,2-10H2,1H3/p+1/t12-/m0/s1. The number of rotatable bonds is 5. The van der Waals surface area contributed by atoms with E-state index >= 15 is 0 Å². The third kappa shape index (κ3) is 3.46. The van der Waals surface area contributed by atoms with E-state index < -0.39 is 0 Å². The van der Waals surface area contributed by atoms with Crippen molar-refractivity contribution in [3.8, 4) is 0 Å². The third-order valence-corrected chi connectivity index (χ3v) is 7.09. The van der Waals surface area contributed by atoms with Gasteiger partial charge in [0, 0.05) is 16.0 Å². The fourth-order valence-corrected chi connectivity index (χ4v) is 6.00. The van der Waals surface area contributed by atoms with Gasteiger partial charge in [-0.05, 0) is 31.7 Å². The van der Waals surface area contributed by atoms with Crippen LogP contribution in [0.5, 0.6) is 0 Å². The van der Waals surface area contributed by atoms with Crippen LogP contribution in [0.25, 0.3) is 10.2 Å². The number of ether oxygens (including phenoxy) is 1. The molecule has 1 aliphatic carbocycles. The van der Waals surface area contributed by atoms with Gasteiger partial charge in [-0.25, -0.2) is 9.97 Å². The predicted octanol–water partition coefficient (Wildman–Crippen LogP) is 0.857. The Bertz CT molecular complexity index is 728. The van der Waals surface area contributed by atoms with Gasteiger partial charge in [0.1, 0.15) is 41.4 Å². The quantitative estimate of drug-likeness (QED) is 0.607. The second-order valence-corrected chi connectivity index (χ2v) is 8.74. The lowest BCUT2D eigenvalue weighted by atomic mass is 10.2. The highest BCUT2D eigenvalue weighted by atomic mass is 32.2. The van der Waals surface area contributed by atoms with Crippen LogP contribution >= 0.6 is 23.1 Å². The largest absolute Gasteiger partial charge is 0.386 e. The molecule has 1 saturated heterocycles. The van der Waals surface area contributed by atoms with E-state index in [2.05, 4.69) is 4.98 Å². The number of nitrogens with zero attached hydrogens (tertiary/aromatic N) is 2. The summed E-state index contributed by atoms with van der Waals surface area (Å²) < 4.78 is 5.38. The number of quaternary nitrogens is 1. The minimum atomic E-state index is -0.305. The number of thioether (sulfide) groups is 1. The summed E-state index contributed by atoms with van der Waals surface area (Å²) in [4.78, 5) is 13.4. The van der Waals surface area contributed by atoms with Crippen LogP contribution in [0, 0.1) is 6.92 Å². The van der Waals surface area contributed by atoms with Crippen molar-refractivity contribution in [2.45, 2.75) is 37.3 Å². The van der Waals surface area contributed by atoms with Crippen molar-refractivity contribution in [1.82, 2.24) is 9.97 Å². The summed E-state index contributed by atoms with van der Waals surface area (Å²) in [6.07, 6.45) is 3.27. The van der Waals surface area contributed by atoms with Crippen LogP contribution in [-0.4, -0.2) is 59.8 Å². The Morgan fingerprint density at radius 2 is 2.12 bits per heavy atom. The van der Waals surface area contributed by atoms with Gasteiger partial charge in [-0.1, -0.05) is 0 Å². The normalized spacial score (nSPS) is 19.8. The molecule has 0 saturated carbocycles. The Hall–Kier alpha value is -0.730. The molecule has 0 aromatic carbocycles. The van der Waals surface area contributed by atoms with Gasteiger partial charge in [0.2, 0.25) is 0 Å². The molecule has 0 unspecified atom stereocenters. The fraction of sp³-hybridized carbons (Fsp3) is 0.647. The van der Waals surface area contributed by atoms with Crippen molar-refractivity contribution in [2.24, 2.45) is 0 Å². The lowest BCUT2D eigenvalue weighted by Gasteiger charge is -2.25. The first-order chi connectivity index (χ1) is 11.7. The highest BCUT2D eigenvalue weighted by Gasteiger charge is 2.23. The SMILES string of the molecule is Cc1nc(SC[C@@H](O)C[NH+]2CCOCC2)c2c3c(sc2n1)CCC3. The van der Waals surface area contributed by atoms with Crippen molar-refractivity contribution in [1.29, 1.82) is 0 Å². The molecule has 2 N–H and O–H groups in total. The van der Waals surface area contributed by atoms with E-state index in [1.807, 2.05) is 18.3 Å². The molecule has 2 aliphatic rings. The number of hydrogen-bond donors (Lipinski definition) is 2. The Kier molecular flexibility index (Phi) is 5.05. The topological polar surface area (TPSA) is 59.7 Å². The average Bonchev–Trinajstić information content (AvgIpc) is 3.14. The van der Waals surface area contributed by atoms with E-state index in [9.17, 15) is 5.11 Å². The van der Waals surface area contributed by atoms with Gasteiger partial charge in [0.15, 0.2) is 0 Å². The maximum atomic E-state index is 10.4. The summed E-state index contributed by atoms with van der Waals surface area (Å²) in [6, 6.07) is 0. The van der Waals surface area contributed by atoms with Crippen LogP contribution in [0.15, 0.2) is 5.03 Å². The molecule has 3 heterocycles. The second-order valence-electron chi connectivity index (χ2n) is 6.64. The zero-order valence-electron chi connectivity index (χ0n) is 14.0. The number of nitrogens with one attached hydrogen (secondary N) is 1. The lowest BCUT2D eigenvalue weighted by Crippen LogP contribution is -3.15. The van der Waals surface area contributed by atoms with E-state index in [1.54, 1.807) is 11.8 Å². The van der Waals surface area contributed by atoms with Crippen molar-refractivity contribution in [3.05, 3.63) is 16.3 Å². The van der Waals surface area contributed by atoms with Crippen molar-refractivity contribution >= 4 is 33.3 Å². The highest BCUT2D eigenvalue weighted by molar-refractivity contribution is 7.99. The van der Waals surface area contributed by atoms with Gasteiger partial charge >= 0.3 is 0 Å². The molecule has 1 aliphatic heterocycles. The van der Waals surface area contributed by atoms with Gasteiger partial charge in [0.05, 0.1) is 13.2 Å². The molecule has 4 rings (SSSR count). The number of aliphatic hydroxyl groups excluding tert-OH is 1. The second kappa shape index (κ2) is 7.25. The first kappa shape index (κ1) is 16.7. The number of morpholine rings is 1. The third-order valence-electron chi connectivity index (χ3n) is 4.78. The molecule has 0 amide bonds. The zero-order valence-corrected chi connectivity index (χ0v) is 15.6. The number of aryl methyl sites for hydroxylation is 3. The summed E-state index contributed by atoms with van der Waals surface area (Å²) >= 11 is 3.52. The average molecular weight is 367 g/mol. The van der Waals surface area contributed by atoms with Crippen LogP contribution in [0.3, 0.4) is 0 Å². The highest BCUT2D eigenvalue weighted by Crippen LogP contribution is 2.40. The Morgan fingerprint density at radius 1 is 1.29 bits per heavy atom. The van der Waals surface area contributed by atoms with E-state index in [0.717, 1.165) is 54.9 Å². The van der Waals surface area contributed by atoms with Crippen LogP contribution in [0.2, 0.25) is 0 Å². The smallest absolute Gasteiger partial charge is 0.128 e. The van der Waals surface area contributed by atoms with Gasteiger partial charge in [-0.15, -0.1) is 23.1 Å². The predicted molar refractivity (Wildman–Crippen MR) is 97.3 cm³/mol. The van der Waals surface area contributed by atoms with E-state index in [0.29, 0.717) is 5.75 Å². The molecule has 24 heavy (non-hydrogen) atoms. The van der Waals surface area contributed by atoms with Crippen LogP contribution in [0.4, 0.5) is 0 Å². The number of aromatic nitrogens is 2. The number of hydrogen-bond acceptors (Lipinski definition) is 6. The molecule has 0 spiro atoms. The van der Waals surface area contributed by atoms with Crippen molar-refractivity contribution < 1.29 is 14.7 Å². The first-order valence-corrected chi connectivity index (χ1v) is 10.5. The fourth-order valence-electron chi connectivity index (χ4n) is 3.60. The molecular weight excluding hydrogens is 342 g/mol. The first-order valence-electron chi connectivity index (χ1n) is 8.72. The Balaban J connectivity index is 1.47. The van der Waals surface area contributed by atoms with Gasteiger partial charge < -0.3 is 14.7 Å². The summed E-state index contributed by atoms with van der Waals surface area (Å²) in [5.74, 6) is 1.53. The van der Waals surface area contributed by atoms with Crippen LogP contribution < -0.4 is 4.90 Å². The van der Waals surface area contributed by atoms with Gasteiger partial charge in [-0.3, -0.25) is 0 Å². The van der Waals surface area contributed by atoms with E-state index in [-0.39, 0.29) is 6.10 Å². The lowest BCUT2D eigenvalue weighted by molar-refractivity contribution is -0.910. The van der Waals surface area contributed by atoms with Crippen molar-refractivity contribution in [2.75, 3.05) is 38.6 Å². The van der Waals surface area contributed by atoms with Crippen LogP contribution in [-0.2, 0) is 17.6 Å². The zero-order chi connectivity index (χ0) is 16.5. The Labute approximate surface area is 150 Å². The minimum Gasteiger partial charge on any atom is -0.386 e. The molecule has 0 bridgehead atoms. The number of fused-ring (bicyclic) bond motifs is 3. The summed E-state index contributed by atoms with van der Waals surface area (Å²) in [7, 11) is 0. The number of thiophene rings is 1. The summed E-state index contributed by atoms with van der Waals surface area (Å²) in [5.41, 5.74) is 1.46. The van der Waals surface area contributed by atoms with Crippen LogP contribution in [0.1, 0.15) is 22.7 Å². The molecular formula is C17H24N3O2S2+. The molecule has 1 atom stereocenters. The van der Waals surface area contributed by atoms with Gasteiger partial charge in [0.25, 0.3) is 0 Å². The minimum absolute atomic E-state index is 0.305. The molecule has 2 aromatic rings. The number of aliphatic hydroxyl groups is 1. The molecule has 5 nitrogen and oxygen atoms in total. The molecule has 0 radical (unpaired) electrons. The monoisotopic (exact) mass is 366 g/mol. The molecule has 7 heteroatoms. The molecule has 2 aromatic heterocycles. The maximum Gasteiger partial charge on any atom is 0.128 e. The molecule has 1 fully saturated rings. The van der Waals surface area contributed by atoms with E-state index in [1.165, 1.54) is 33.6 Å². The van der Waals surface area contributed by atoms with E-state index in [4.69, 9.17) is 9.72 Å². The summed E-state index contributed by atoms with van der Waals surface area (Å²) in [5, 5.41) is 12.7. The molecule has 130 valence electrons. The summed E-state index contributed by atoms with van der Waals surface area (Å²) in [6.45, 7) is 6.37. The van der Waals surface area contributed by atoms with Crippen molar-refractivity contribution in [3.63, 3.8) is 0 Å².